The van der Waals surface area contributed by atoms with E-state index in [4.69, 9.17) is 0 Å². The Morgan fingerprint density at radius 1 is 1.21 bits per heavy atom. The molecule has 6 heteroatoms. The van der Waals surface area contributed by atoms with Gasteiger partial charge in [0.05, 0.1) is 5.56 Å². The van der Waals surface area contributed by atoms with Crippen molar-refractivity contribution in [2.75, 3.05) is 5.32 Å². The average Bonchev–Trinajstić information content (AvgIpc) is 2.81. The molecule has 0 fully saturated rings. The molecule has 19 heavy (non-hydrogen) atoms. The molecule has 1 aliphatic heterocycles. The second-order valence-corrected chi connectivity index (χ2v) is 5.28. The van der Waals surface area contributed by atoms with Gasteiger partial charge < -0.3 is 5.32 Å². The third-order valence-electron chi connectivity index (χ3n) is 2.83. The lowest BCUT2D eigenvalue weighted by Gasteiger charge is -2.10. The number of aromatic nitrogens is 1. The normalized spacial score (nSPS) is 17.9. The van der Waals surface area contributed by atoms with E-state index >= 15 is 0 Å². The van der Waals surface area contributed by atoms with Crippen LogP contribution in [-0.2, 0) is 6.18 Å². The first-order valence-corrected chi connectivity index (χ1v) is 6.46. The van der Waals surface area contributed by atoms with Gasteiger partial charge >= 0.3 is 6.18 Å². The predicted molar refractivity (Wildman–Crippen MR) is 67.9 cm³/mol. The number of halogens is 3. The molecule has 1 aromatic carbocycles. The third-order valence-corrected chi connectivity index (χ3v) is 4.06. The Kier molecular flexibility index (Phi) is 2.89. The Bertz CT molecular complexity index is 599. The molecular formula is C13H9F3N2S. The fourth-order valence-electron chi connectivity index (χ4n) is 1.90. The Morgan fingerprint density at radius 3 is 2.74 bits per heavy atom. The van der Waals surface area contributed by atoms with Gasteiger partial charge in [0.25, 0.3) is 0 Å². The summed E-state index contributed by atoms with van der Waals surface area (Å²) >= 11 is 1.49. The minimum atomic E-state index is -4.31. The maximum absolute atomic E-state index is 12.6. The van der Waals surface area contributed by atoms with Crippen LogP contribution >= 0.6 is 11.8 Å². The van der Waals surface area contributed by atoms with Crippen LogP contribution in [0.1, 0.15) is 16.5 Å². The number of anilines is 1. The lowest BCUT2D eigenvalue weighted by atomic mass is 10.2. The summed E-state index contributed by atoms with van der Waals surface area (Å²) in [6.45, 7) is 0. The number of rotatable bonds is 1. The summed E-state index contributed by atoms with van der Waals surface area (Å²) in [5.74, 6) is 0. The van der Waals surface area contributed by atoms with Crippen molar-refractivity contribution in [3.8, 4) is 0 Å². The topological polar surface area (TPSA) is 24.9 Å². The number of pyridine rings is 1. The summed E-state index contributed by atoms with van der Waals surface area (Å²) in [5, 5.41) is 3.00. The van der Waals surface area contributed by atoms with Crippen molar-refractivity contribution >= 4 is 17.4 Å². The van der Waals surface area contributed by atoms with E-state index < -0.39 is 11.7 Å². The van der Waals surface area contributed by atoms with Gasteiger partial charge in [-0.25, -0.2) is 0 Å². The number of benzene rings is 1. The van der Waals surface area contributed by atoms with Crippen molar-refractivity contribution < 1.29 is 13.2 Å². The first-order valence-electron chi connectivity index (χ1n) is 5.58. The maximum atomic E-state index is 12.6. The monoisotopic (exact) mass is 282 g/mol. The fourth-order valence-corrected chi connectivity index (χ4v) is 3.01. The molecular weight excluding hydrogens is 273 g/mol. The van der Waals surface area contributed by atoms with Gasteiger partial charge in [-0.15, -0.1) is 0 Å². The van der Waals surface area contributed by atoms with Gasteiger partial charge in [0.15, 0.2) is 0 Å². The van der Waals surface area contributed by atoms with E-state index in [1.165, 1.54) is 17.8 Å². The second-order valence-electron chi connectivity index (χ2n) is 4.14. The van der Waals surface area contributed by atoms with Crippen molar-refractivity contribution in [3.05, 3.63) is 53.9 Å². The second kappa shape index (κ2) is 4.45. The number of nitrogens with zero attached hydrogens (tertiary/aromatic N) is 1. The summed E-state index contributed by atoms with van der Waals surface area (Å²) < 4.78 is 37.9. The zero-order valence-electron chi connectivity index (χ0n) is 9.61. The smallest absolute Gasteiger partial charge is 0.368 e. The molecule has 0 spiro atoms. The predicted octanol–water partition coefficient (Wildman–Crippen LogP) is 4.32. The van der Waals surface area contributed by atoms with Gasteiger partial charge in [-0.05, 0) is 24.3 Å². The van der Waals surface area contributed by atoms with Crippen molar-refractivity contribution in [2.45, 2.75) is 16.4 Å². The zero-order chi connectivity index (χ0) is 13.5. The molecule has 2 heterocycles. The highest BCUT2D eigenvalue weighted by molar-refractivity contribution is 8.00. The van der Waals surface area contributed by atoms with Crippen molar-refractivity contribution in [2.24, 2.45) is 0 Å². The van der Waals surface area contributed by atoms with Crippen LogP contribution in [0.2, 0.25) is 0 Å². The summed E-state index contributed by atoms with van der Waals surface area (Å²) in [6.07, 6.45) is -0.937. The molecule has 3 rings (SSSR count). The van der Waals surface area contributed by atoms with Crippen LogP contribution in [0.3, 0.4) is 0 Å². The van der Waals surface area contributed by atoms with E-state index in [9.17, 15) is 13.2 Å². The van der Waals surface area contributed by atoms with Crippen LogP contribution in [0.15, 0.2) is 47.6 Å². The average molecular weight is 282 g/mol. The lowest BCUT2D eigenvalue weighted by Crippen LogP contribution is -2.06. The van der Waals surface area contributed by atoms with E-state index in [0.29, 0.717) is 5.69 Å². The number of fused-ring (bicyclic) bond motifs is 1. The van der Waals surface area contributed by atoms with Crippen LogP contribution in [-0.4, -0.2) is 4.98 Å². The van der Waals surface area contributed by atoms with Gasteiger partial charge in [0.1, 0.15) is 5.37 Å². The van der Waals surface area contributed by atoms with E-state index in [2.05, 4.69) is 10.3 Å². The molecule has 1 aliphatic rings. The molecule has 0 aliphatic carbocycles. The number of alkyl halides is 3. The van der Waals surface area contributed by atoms with E-state index in [0.717, 1.165) is 22.6 Å². The molecule has 0 saturated heterocycles. The molecule has 0 amide bonds. The standard InChI is InChI=1S/C13H9F3N2S/c14-13(15,16)9-3-4-11-10(6-9)18-12(19-11)8-2-1-5-17-7-8/h1-7,12,18H. The molecule has 1 aromatic heterocycles. The highest BCUT2D eigenvalue weighted by Gasteiger charge is 2.33. The van der Waals surface area contributed by atoms with Crippen molar-refractivity contribution in [1.29, 1.82) is 0 Å². The van der Waals surface area contributed by atoms with Crippen LogP contribution in [0.25, 0.3) is 0 Å². The molecule has 0 bridgehead atoms. The van der Waals surface area contributed by atoms with Gasteiger partial charge in [-0.2, -0.15) is 13.2 Å². The summed E-state index contributed by atoms with van der Waals surface area (Å²) in [4.78, 5) is 4.84. The molecule has 2 nitrogen and oxygen atoms in total. The highest BCUT2D eigenvalue weighted by atomic mass is 32.2. The number of hydrogen-bond acceptors (Lipinski definition) is 3. The highest BCUT2D eigenvalue weighted by Crippen LogP contribution is 2.47. The third kappa shape index (κ3) is 2.40. The minimum Gasteiger partial charge on any atom is -0.368 e. The molecule has 0 saturated carbocycles. The largest absolute Gasteiger partial charge is 0.416 e. The zero-order valence-corrected chi connectivity index (χ0v) is 10.4. The number of hydrogen-bond donors (Lipinski definition) is 1. The van der Waals surface area contributed by atoms with Gasteiger partial charge in [-0.3, -0.25) is 4.98 Å². The van der Waals surface area contributed by atoms with E-state index in [1.807, 2.05) is 12.1 Å². The van der Waals surface area contributed by atoms with Crippen molar-refractivity contribution in [1.82, 2.24) is 4.98 Å². The first kappa shape index (κ1) is 12.3. The molecule has 1 atom stereocenters. The molecule has 2 aromatic rings. The van der Waals surface area contributed by atoms with Gasteiger partial charge in [0.2, 0.25) is 0 Å². The van der Waals surface area contributed by atoms with Crippen LogP contribution < -0.4 is 5.32 Å². The Morgan fingerprint density at radius 2 is 2.05 bits per heavy atom. The van der Waals surface area contributed by atoms with Gasteiger partial charge in [0, 0.05) is 28.5 Å². The Hall–Kier alpha value is -1.69. The quantitative estimate of drug-likeness (QED) is 0.843. The van der Waals surface area contributed by atoms with Crippen LogP contribution in [0.5, 0.6) is 0 Å². The Balaban J connectivity index is 1.89. The summed E-state index contributed by atoms with van der Waals surface area (Å²) in [7, 11) is 0. The maximum Gasteiger partial charge on any atom is 0.416 e. The Labute approximate surface area is 112 Å². The van der Waals surface area contributed by atoms with Crippen LogP contribution in [0, 0.1) is 0 Å². The molecule has 1 N–H and O–H groups in total. The van der Waals surface area contributed by atoms with Crippen LogP contribution in [0.4, 0.5) is 18.9 Å². The molecule has 1 unspecified atom stereocenters. The first-order chi connectivity index (χ1) is 9.04. The van der Waals surface area contributed by atoms with E-state index in [-0.39, 0.29) is 5.37 Å². The molecule has 0 radical (unpaired) electrons. The number of thioether (sulfide) groups is 1. The molecule has 98 valence electrons. The summed E-state index contributed by atoms with van der Waals surface area (Å²) in [6, 6.07) is 7.47. The number of nitrogens with one attached hydrogen (secondary N) is 1. The minimum absolute atomic E-state index is 0.0906. The van der Waals surface area contributed by atoms with Gasteiger partial charge in [-0.1, -0.05) is 17.8 Å². The fraction of sp³-hybridized carbons (Fsp3) is 0.154. The van der Waals surface area contributed by atoms with Crippen molar-refractivity contribution in [3.63, 3.8) is 0 Å². The summed E-state index contributed by atoms with van der Waals surface area (Å²) in [5.41, 5.74) is 0.831. The SMILES string of the molecule is FC(F)(F)c1ccc2c(c1)NC(c1cccnc1)S2. The lowest BCUT2D eigenvalue weighted by molar-refractivity contribution is -0.137. The van der Waals surface area contributed by atoms with E-state index in [1.54, 1.807) is 12.4 Å².